The third-order valence-electron chi connectivity index (χ3n) is 7.29. The predicted molar refractivity (Wildman–Crippen MR) is 148 cm³/mol. The molecule has 3 heterocycles. The van der Waals surface area contributed by atoms with Gasteiger partial charge in [-0.05, 0) is 62.1 Å². The molecule has 4 rings (SSSR count). The van der Waals surface area contributed by atoms with Crippen molar-refractivity contribution >= 4 is 38.2 Å². The Bertz CT molecular complexity index is 1220. The summed E-state index contributed by atoms with van der Waals surface area (Å²) >= 11 is 1.49. The standard InChI is InChI=1S/C27H38N4O4S2/c1-4-7-17-31(6-3)37(34,35)21-12-10-20(11-13-21)25(32)28-26-24(27(33)30-15-8-9-16-30)22-14-18-29(5-2)19-23(22)36-26/h10-13H,4-9,14-19H2,1-3H3,(H,28,32). The summed E-state index contributed by atoms with van der Waals surface area (Å²) in [6, 6.07) is 6.08. The summed E-state index contributed by atoms with van der Waals surface area (Å²) in [7, 11) is -3.61. The topological polar surface area (TPSA) is 90.0 Å². The molecule has 0 bridgehead atoms. The van der Waals surface area contributed by atoms with E-state index in [0.29, 0.717) is 29.2 Å². The second-order valence-electron chi connectivity index (χ2n) is 9.65. The molecule has 1 aromatic carbocycles. The highest BCUT2D eigenvalue weighted by molar-refractivity contribution is 7.89. The first kappa shape index (κ1) is 27.8. The van der Waals surface area contributed by atoms with Crippen molar-refractivity contribution in [1.29, 1.82) is 0 Å². The van der Waals surface area contributed by atoms with Gasteiger partial charge in [-0.25, -0.2) is 8.42 Å². The zero-order valence-corrected chi connectivity index (χ0v) is 23.7. The van der Waals surface area contributed by atoms with E-state index in [1.807, 2.05) is 18.7 Å². The van der Waals surface area contributed by atoms with Crippen LogP contribution in [0.1, 0.15) is 77.6 Å². The Kier molecular flexibility index (Phi) is 9.05. The highest BCUT2D eigenvalue weighted by Crippen LogP contribution is 2.38. The zero-order valence-electron chi connectivity index (χ0n) is 22.1. The first-order valence-corrected chi connectivity index (χ1v) is 15.6. The minimum atomic E-state index is -3.61. The molecule has 0 aliphatic carbocycles. The lowest BCUT2D eigenvalue weighted by atomic mass is 10.0. The van der Waals surface area contributed by atoms with E-state index >= 15 is 0 Å². The van der Waals surface area contributed by atoms with Crippen molar-refractivity contribution in [1.82, 2.24) is 14.1 Å². The molecule has 202 valence electrons. The normalized spacial score (nSPS) is 16.3. The Morgan fingerprint density at radius 2 is 1.76 bits per heavy atom. The average molecular weight is 547 g/mol. The maximum atomic E-state index is 13.5. The van der Waals surface area contributed by atoms with E-state index in [0.717, 1.165) is 75.3 Å². The summed E-state index contributed by atoms with van der Waals surface area (Å²) in [6.45, 7) is 11.0. The molecule has 0 unspecified atom stereocenters. The van der Waals surface area contributed by atoms with Gasteiger partial charge in [0, 0.05) is 49.7 Å². The van der Waals surface area contributed by atoms with E-state index in [1.165, 1.54) is 27.8 Å². The van der Waals surface area contributed by atoms with Crippen molar-refractivity contribution < 1.29 is 18.0 Å². The molecule has 0 saturated carbocycles. The van der Waals surface area contributed by atoms with Gasteiger partial charge in [0.2, 0.25) is 10.0 Å². The number of benzene rings is 1. The number of likely N-dealkylation sites (N-methyl/N-ethyl adjacent to an activating group) is 1. The molecule has 2 aliphatic heterocycles. The number of hydrogen-bond acceptors (Lipinski definition) is 6. The third kappa shape index (κ3) is 5.92. The maximum absolute atomic E-state index is 13.5. The molecular formula is C27H38N4O4S2. The second-order valence-corrected chi connectivity index (χ2v) is 12.7. The fourth-order valence-corrected chi connectivity index (χ4v) is 7.77. The number of nitrogens with one attached hydrogen (secondary N) is 1. The van der Waals surface area contributed by atoms with E-state index in [2.05, 4.69) is 17.1 Å². The van der Waals surface area contributed by atoms with E-state index in [9.17, 15) is 18.0 Å². The van der Waals surface area contributed by atoms with Crippen LogP contribution in [-0.4, -0.2) is 73.6 Å². The Morgan fingerprint density at radius 3 is 2.38 bits per heavy atom. The van der Waals surface area contributed by atoms with Gasteiger partial charge in [-0.1, -0.05) is 27.2 Å². The molecule has 1 saturated heterocycles. The van der Waals surface area contributed by atoms with Crippen LogP contribution in [0.3, 0.4) is 0 Å². The highest BCUT2D eigenvalue weighted by Gasteiger charge is 2.32. The number of thiophene rings is 1. The van der Waals surface area contributed by atoms with Crippen molar-refractivity contribution in [2.24, 2.45) is 0 Å². The summed E-state index contributed by atoms with van der Waals surface area (Å²) in [5, 5.41) is 3.59. The minimum absolute atomic E-state index is 0.00317. The first-order chi connectivity index (χ1) is 17.8. The van der Waals surface area contributed by atoms with Gasteiger partial charge in [0.1, 0.15) is 5.00 Å². The number of nitrogens with zero attached hydrogens (tertiary/aromatic N) is 3. The molecule has 0 spiro atoms. The number of fused-ring (bicyclic) bond motifs is 1. The molecule has 0 atom stereocenters. The Morgan fingerprint density at radius 1 is 1.05 bits per heavy atom. The van der Waals surface area contributed by atoms with Gasteiger partial charge in [-0.2, -0.15) is 4.31 Å². The van der Waals surface area contributed by atoms with Gasteiger partial charge >= 0.3 is 0 Å². The quantitative estimate of drug-likeness (QED) is 0.476. The average Bonchev–Trinajstić information content (AvgIpc) is 3.56. The summed E-state index contributed by atoms with van der Waals surface area (Å²) in [5.74, 6) is -0.341. The fourth-order valence-electron chi connectivity index (χ4n) is 5.00. The van der Waals surface area contributed by atoms with Crippen molar-refractivity contribution in [3.05, 3.63) is 45.8 Å². The number of sulfonamides is 1. The predicted octanol–water partition coefficient (Wildman–Crippen LogP) is 4.43. The number of likely N-dealkylation sites (tertiary alicyclic amines) is 1. The van der Waals surface area contributed by atoms with E-state index in [1.54, 1.807) is 12.1 Å². The molecule has 2 aliphatic rings. The van der Waals surface area contributed by atoms with Crippen molar-refractivity contribution in [2.75, 3.05) is 44.6 Å². The summed E-state index contributed by atoms with van der Waals surface area (Å²) < 4.78 is 27.5. The van der Waals surface area contributed by atoms with Crippen molar-refractivity contribution in [3.63, 3.8) is 0 Å². The van der Waals surface area contributed by atoms with Crippen molar-refractivity contribution in [3.8, 4) is 0 Å². The van der Waals surface area contributed by atoms with Gasteiger partial charge in [-0.15, -0.1) is 11.3 Å². The number of unbranched alkanes of at least 4 members (excludes halogenated alkanes) is 1. The van der Waals surface area contributed by atoms with E-state index in [-0.39, 0.29) is 16.7 Å². The molecule has 1 fully saturated rings. The maximum Gasteiger partial charge on any atom is 0.257 e. The lowest BCUT2D eigenvalue weighted by molar-refractivity contribution is 0.0792. The Hall–Kier alpha value is -2.27. The number of rotatable bonds is 10. The molecular weight excluding hydrogens is 508 g/mol. The van der Waals surface area contributed by atoms with Crippen LogP contribution in [0.5, 0.6) is 0 Å². The summed E-state index contributed by atoms with van der Waals surface area (Å²) in [6.07, 6.45) is 4.52. The molecule has 1 aromatic heterocycles. The van der Waals surface area contributed by atoms with Crippen LogP contribution in [-0.2, 0) is 23.0 Å². The molecule has 0 radical (unpaired) electrons. The zero-order chi connectivity index (χ0) is 26.6. The van der Waals surface area contributed by atoms with Crippen LogP contribution in [0.4, 0.5) is 5.00 Å². The van der Waals surface area contributed by atoms with Crippen LogP contribution < -0.4 is 5.32 Å². The van der Waals surface area contributed by atoms with E-state index < -0.39 is 10.0 Å². The van der Waals surface area contributed by atoms with Crippen LogP contribution in [0.15, 0.2) is 29.2 Å². The Balaban J connectivity index is 1.57. The van der Waals surface area contributed by atoms with Gasteiger partial charge < -0.3 is 10.2 Å². The van der Waals surface area contributed by atoms with Crippen LogP contribution in [0.25, 0.3) is 0 Å². The SMILES string of the molecule is CCCCN(CC)S(=O)(=O)c1ccc(C(=O)Nc2sc3c(c2C(=O)N2CCCC2)CCN(CC)C3)cc1. The second kappa shape index (κ2) is 12.1. The monoisotopic (exact) mass is 546 g/mol. The summed E-state index contributed by atoms with van der Waals surface area (Å²) in [5.41, 5.74) is 2.06. The molecule has 37 heavy (non-hydrogen) atoms. The number of carbonyl (C=O) groups is 2. The smallest absolute Gasteiger partial charge is 0.257 e. The summed E-state index contributed by atoms with van der Waals surface area (Å²) in [4.78, 5) is 32.3. The van der Waals surface area contributed by atoms with Crippen molar-refractivity contribution in [2.45, 2.75) is 64.3 Å². The third-order valence-corrected chi connectivity index (χ3v) is 10.4. The highest BCUT2D eigenvalue weighted by atomic mass is 32.2. The van der Waals surface area contributed by atoms with Crippen LogP contribution in [0, 0.1) is 0 Å². The molecule has 8 nitrogen and oxygen atoms in total. The molecule has 10 heteroatoms. The molecule has 1 N–H and O–H groups in total. The number of hydrogen-bond donors (Lipinski definition) is 1. The number of amides is 2. The van der Waals surface area contributed by atoms with Gasteiger partial charge in [-0.3, -0.25) is 14.5 Å². The minimum Gasteiger partial charge on any atom is -0.339 e. The largest absolute Gasteiger partial charge is 0.339 e. The van der Waals surface area contributed by atoms with Gasteiger partial charge in [0.05, 0.1) is 10.5 Å². The molecule has 2 aromatic rings. The lowest BCUT2D eigenvalue weighted by Crippen LogP contribution is -2.32. The van der Waals surface area contributed by atoms with Gasteiger partial charge in [0.15, 0.2) is 0 Å². The van der Waals surface area contributed by atoms with Gasteiger partial charge in [0.25, 0.3) is 11.8 Å². The Labute approximate surface area is 224 Å². The van der Waals surface area contributed by atoms with Crippen LogP contribution in [0.2, 0.25) is 0 Å². The lowest BCUT2D eigenvalue weighted by Gasteiger charge is -2.26. The van der Waals surface area contributed by atoms with E-state index in [4.69, 9.17) is 0 Å². The number of carbonyl (C=O) groups excluding carboxylic acids is 2. The molecule has 2 amide bonds. The first-order valence-electron chi connectivity index (χ1n) is 13.4. The van der Waals surface area contributed by atoms with Crippen LogP contribution >= 0.6 is 11.3 Å². The fraction of sp³-hybridized carbons (Fsp3) is 0.556. The number of anilines is 1.